The third kappa shape index (κ3) is 3.79. The molecule has 1 aromatic carbocycles. The standard InChI is InChI=1S/C18H21N6O2/c1-3-12-10-19-24(11-12)23-17-20-16(13-7-8-13)21-18(22-17)26-15-6-4-5-14(9-15)25-2/h4-6,9,11,13H,3,7-8,10H2,1-2H3,(H,19,20,21,22,23)/q+1. The van der Waals surface area contributed by atoms with Gasteiger partial charge in [0.1, 0.15) is 23.9 Å². The van der Waals surface area contributed by atoms with Crippen LogP contribution in [-0.4, -0.2) is 33.4 Å². The number of azo groups is 1. The highest BCUT2D eigenvalue weighted by molar-refractivity contribution is 5.35. The summed E-state index contributed by atoms with van der Waals surface area (Å²) in [5.41, 5.74) is 4.35. The lowest BCUT2D eigenvalue weighted by atomic mass is 10.2. The summed E-state index contributed by atoms with van der Waals surface area (Å²) >= 11 is 0. The quantitative estimate of drug-likeness (QED) is 0.765. The summed E-state index contributed by atoms with van der Waals surface area (Å²) in [5.74, 6) is 2.88. The van der Waals surface area contributed by atoms with Crippen LogP contribution in [0.4, 0.5) is 5.95 Å². The van der Waals surface area contributed by atoms with Crippen molar-refractivity contribution >= 4 is 5.95 Å². The van der Waals surface area contributed by atoms with E-state index in [0.717, 1.165) is 25.1 Å². The maximum atomic E-state index is 5.84. The van der Waals surface area contributed by atoms with E-state index in [4.69, 9.17) is 9.47 Å². The van der Waals surface area contributed by atoms with E-state index < -0.39 is 0 Å². The Balaban J connectivity index is 1.58. The van der Waals surface area contributed by atoms with E-state index in [1.165, 1.54) is 5.57 Å². The third-order valence-corrected chi connectivity index (χ3v) is 4.22. The highest BCUT2D eigenvalue weighted by Crippen LogP contribution is 2.39. The van der Waals surface area contributed by atoms with Crippen molar-refractivity contribution in [3.63, 3.8) is 0 Å². The zero-order chi connectivity index (χ0) is 17.9. The van der Waals surface area contributed by atoms with Gasteiger partial charge in [0.25, 0.3) is 5.95 Å². The second-order valence-corrected chi connectivity index (χ2v) is 6.25. The SMILES string of the molecule is CCC1=C[N+](Nc2nc(Oc3cccc(OC)c3)nc(C3CC3)n2)=NC1. The minimum absolute atomic E-state index is 0.261. The van der Waals surface area contributed by atoms with E-state index in [2.05, 4.69) is 32.4 Å². The van der Waals surface area contributed by atoms with Crippen LogP contribution in [0.5, 0.6) is 17.5 Å². The molecular formula is C18H21N6O2+. The summed E-state index contributed by atoms with van der Waals surface area (Å²) in [6.45, 7) is 2.80. The van der Waals surface area contributed by atoms with Gasteiger partial charge in [0.15, 0.2) is 0 Å². The first kappa shape index (κ1) is 16.4. The number of rotatable bonds is 7. The first-order chi connectivity index (χ1) is 12.7. The lowest BCUT2D eigenvalue weighted by molar-refractivity contribution is -0.491. The van der Waals surface area contributed by atoms with E-state index in [-0.39, 0.29) is 6.01 Å². The maximum Gasteiger partial charge on any atom is 0.327 e. The van der Waals surface area contributed by atoms with Crippen LogP contribution in [-0.2, 0) is 0 Å². The number of hydrazine groups is 1. The molecular weight excluding hydrogens is 332 g/mol. The molecule has 4 rings (SSSR count). The second-order valence-electron chi connectivity index (χ2n) is 6.25. The zero-order valence-electron chi connectivity index (χ0n) is 14.8. The Morgan fingerprint density at radius 1 is 1.19 bits per heavy atom. The molecule has 2 aromatic rings. The van der Waals surface area contributed by atoms with Crippen molar-refractivity contribution in [1.29, 1.82) is 0 Å². The number of benzene rings is 1. The first-order valence-corrected chi connectivity index (χ1v) is 8.74. The highest BCUT2D eigenvalue weighted by atomic mass is 16.5. The number of aromatic nitrogens is 3. The molecule has 26 heavy (non-hydrogen) atoms. The van der Waals surface area contributed by atoms with E-state index in [9.17, 15) is 0 Å². The summed E-state index contributed by atoms with van der Waals surface area (Å²) in [4.78, 5) is 15.0. The van der Waals surface area contributed by atoms with Crippen molar-refractivity contribution in [2.45, 2.75) is 32.1 Å². The van der Waals surface area contributed by atoms with Crippen LogP contribution in [0.2, 0.25) is 0 Å². The van der Waals surface area contributed by atoms with Gasteiger partial charge in [-0.2, -0.15) is 15.0 Å². The van der Waals surface area contributed by atoms with Gasteiger partial charge in [-0.1, -0.05) is 18.4 Å². The number of hydrogen-bond acceptors (Lipinski definition) is 7. The predicted molar refractivity (Wildman–Crippen MR) is 94.4 cm³/mol. The summed E-state index contributed by atoms with van der Waals surface area (Å²) in [5, 5.41) is 4.38. The van der Waals surface area contributed by atoms with E-state index in [0.29, 0.717) is 29.9 Å². The molecule has 0 unspecified atom stereocenters. The molecule has 0 spiro atoms. The van der Waals surface area contributed by atoms with Crippen LogP contribution in [0.25, 0.3) is 0 Å². The largest absolute Gasteiger partial charge is 0.497 e. The van der Waals surface area contributed by atoms with Gasteiger partial charge in [0.05, 0.1) is 7.11 Å². The van der Waals surface area contributed by atoms with Crippen molar-refractivity contribution in [1.82, 2.24) is 15.0 Å². The van der Waals surface area contributed by atoms with Crippen LogP contribution >= 0.6 is 0 Å². The van der Waals surface area contributed by atoms with E-state index >= 15 is 0 Å². The van der Waals surface area contributed by atoms with Gasteiger partial charge < -0.3 is 9.47 Å². The molecule has 134 valence electrons. The van der Waals surface area contributed by atoms with E-state index in [1.807, 2.05) is 24.4 Å². The molecule has 1 N–H and O–H groups in total. The Hall–Kier alpha value is -3.03. The zero-order valence-corrected chi connectivity index (χ0v) is 14.8. The Morgan fingerprint density at radius 2 is 2.04 bits per heavy atom. The lowest BCUT2D eigenvalue weighted by Crippen LogP contribution is -2.14. The Morgan fingerprint density at radius 3 is 2.77 bits per heavy atom. The minimum atomic E-state index is 0.261. The lowest BCUT2D eigenvalue weighted by Gasteiger charge is -2.07. The number of nitrogens with zero attached hydrogens (tertiary/aromatic N) is 5. The van der Waals surface area contributed by atoms with Crippen LogP contribution in [0.15, 0.2) is 41.2 Å². The van der Waals surface area contributed by atoms with Crippen molar-refractivity contribution in [2.24, 2.45) is 5.11 Å². The Bertz CT molecular complexity index is 876. The molecule has 0 bridgehead atoms. The maximum absolute atomic E-state index is 5.84. The summed E-state index contributed by atoms with van der Waals surface area (Å²) in [7, 11) is 1.62. The molecule has 2 aliphatic rings. The minimum Gasteiger partial charge on any atom is -0.497 e. The molecule has 1 aliphatic heterocycles. The topological polar surface area (TPSA) is 84.5 Å². The normalized spacial score (nSPS) is 16.1. The van der Waals surface area contributed by atoms with Crippen LogP contribution < -0.4 is 14.9 Å². The fourth-order valence-corrected chi connectivity index (χ4v) is 2.56. The fraction of sp³-hybridized carbons (Fsp3) is 0.389. The summed E-state index contributed by atoms with van der Waals surface area (Å²) < 4.78 is 11.1. The Kier molecular flexibility index (Phi) is 4.47. The third-order valence-electron chi connectivity index (χ3n) is 4.22. The number of anilines is 1. The first-order valence-electron chi connectivity index (χ1n) is 8.74. The molecule has 1 aliphatic carbocycles. The summed E-state index contributed by atoms with van der Waals surface area (Å²) in [6, 6.07) is 7.60. The van der Waals surface area contributed by atoms with Crippen molar-refractivity contribution in [3.8, 4) is 17.5 Å². The molecule has 0 amide bonds. The molecule has 8 heteroatoms. The van der Waals surface area contributed by atoms with E-state index in [1.54, 1.807) is 18.0 Å². The van der Waals surface area contributed by atoms with Crippen LogP contribution in [0.1, 0.15) is 37.9 Å². The predicted octanol–water partition coefficient (Wildman–Crippen LogP) is 3.65. The smallest absolute Gasteiger partial charge is 0.327 e. The van der Waals surface area contributed by atoms with Gasteiger partial charge in [-0.05, 0) is 36.5 Å². The highest BCUT2D eigenvalue weighted by Gasteiger charge is 2.29. The van der Waals surface area contributed by atoms with Gasteiger partial charge in [-0.25, -0.2) is 0 Å². The monoisotopic (exact) mass is 353 g/mol. The fourth-order valence-electron chi connectivity index (χ4n) is 2.56. The molecule has 0 radical (unpaired) electrons. The molecule has 2 heterocycles. The van der Waals surface area contributed by atoms with Crippen molar-refractivity contribution in [2.75, 3.05) is 19.1 Å². The van der Waals surface area contributed by atoms with Gasteiger partial charge in [0.2, 0.25) is 6.20 Å². The average molecular weight is 353 g/mol. The number of nitrogens with one attached hydrogen (secondary N) is 1. The Labute approximate surface area is 151 Å². The van der Waals surface area contributed by atoms with Crippen LogP contribution in [0.3, 0.4) is 0 Å². The van der Waals surface area contributed by atoms with Gasteiger partial charge in [0, 0.05) is 22.4 Å². The van der Waals surface area contributed by atoms with Crippen molar-refractivity contribution in [3.05, 3.63) is 41.9 Å². The molecule has 1 saturated carbocycles. The molecule has 0 atom stereocenters. The molecule has 8 nitrogen and oxygen atoms in total. The number of methoxy groups -OCH3 is 1. The molecule has 1 fully saturated rings. The van der Waals surface area contributed by atoms with Gasteiger partial charge >= 0.3 is 6.01 Å². The number of ether oxygens (including phenoxy) is 2. The van der Waals surface area contributed by atoms with Crippen LogP contribution in [0, 0.1) is 0 Å². The van der Waals surface area contributed by atoms with Gasteiger partial charge in [-0.15, -0.1) is 0 Å². The molecule has 0 saturated heterocycles. The number of hydrogen-bond donors (Lipinski definition) is 1. The molecule has 1 aromatic heterocycles. The summed E-state index contributed by atoms with van der Waals surface area (Å²) in [6.07, 6.45) is 5.12. The van der Waals surface area contributed by atoms with Gasteiger partial charge in [-0.3, -0.25) is 0 Å². The van der Waals surface area contributed by atoms with Crippen molar-refractivity contribution < 1.29 is 14.3 Å². The average Bonchev–Trinajstić information content (AvgIpc) is 3.42. The second kappa shape index (κ2) is 7.07.